The van der Waals surface area contributed by atoms with E-state index in [0.29, 0.717) is 28.8 Å². The first-order chi connectivity index (χ1) is 18.7. The van der Waals surface area contributed by atoms with Crippen molar-refractivity contribution in [2.24, 2.45) is 0 Å². The first-order valence-corrected chi connectivity index (χ1v) is 12.2. The summed E-state index contributed by atoms with van der Waals surface area (Å²) in [6.07, 6.45) is 2.81. The molecule has 14 heteroatoms. The molecule has 1 saturated heterocycles. The van der Waals surface area contributed by atoms with Crippen molar-refractivity contribution in [1.29, 1.82) is 0 Å². The van der Waals surface area contributed by atoms with Crippen LogP contribution < -0.4 is 19.5 Å². The normalized spacial score (nSPS) is 13.9. The standard InChI is InChI=1S/C25H19ClN4O8S/c1-36-18-8-6-15(12-16(18)26)28-22(31)13-29-24(32)21(39-25(29)33)11-14-5-7-19(20(10-14)37-2)38-23-17(30(34)35)4-3-9-27-23/h3-12H,13H2,1-2H3,(H,28,31)/b21-11-. The van der Waals surface area contributed by atoms with Crippen molar-refractivity contribution in [3.05, 3.63) is 80.3 Å². The monoisotopic (exact) mass is 570 g/mol. The van der Waals surface area contributed by atoms with Gasteiger partial charge in [0.15, 0.2) is 11.5 Å². The van der Waals surface area contributed by atoms with E-state index in [0.717, 1.165) is 4.90 Å². The van der Waals surface area contributed by atoms with Crippen LogP contribution in [0.1, 0.15) is 5.56 Å². The summed E-state index contributed by atoms with van der Waals surface area (Å²) in [5.74, 6) is -0.659. The number of halogens is 1. The molecule has 4 rings (SSSR count). The van der Waals surface area contributed by atoms with Gasteiger partial charge in [-0.25, -0.2) is 4.98 Å². The number of rotatable bonds is 9. The van der Waals surface area contributed by atoms with E-state index in [-0.39, 0.29) is 33.0 Å². The largest absolute Gasteiger partial charge is 0.495 e. The van der Waals surface area contributed by atoms with Gasteiger partial charge < -0.3 is 19.5 Å². The number of ether oxygens (including phenoxy) is 3. The lowest BCUT2D eigenvalue weighted by Crippen LogP contribution is -2.36. The zero-order valence-corrected chi connectivity index (χ0v) is 21.9. The zero-order valence-electron chi connectivity index (χ0n) is 20.4. The topological polar surface area (TPSA) is 150 Å². The van der Waals surface area contributed by atoms with E-state index in [1.54, 1.807) is 18.2 Å². The zero-order chi connectivity index (χ0) is 28.1. The molecule has 1 fully saturated rings. The van der Waals surface area contributed by atoms with Crippen molar-refractivity contribution in [3.8, 4) is 23.1 Å². The molecule has 0 bridgehead atoms. The molecule has 3 amide bonds. The third-order valence-corrected chi connectivity index (χ3v) is 6.45. The Hall–Kier alpha value is -4.62. The Bertz CT molecular complexity index is 1510. The number of methoxy groups -OCH3 is 2. The van der Waals surface area contributed by atoms with E-state index in [1.807, 2.05) is 0 Å². The van der Waals surface area contributed by atoms with Gasteiger partial charge in [-0.05, 0) is 59.8 Å². The van der Waals surface area contributed by atoms with Crippen molar-refractivity contribution in [3.63, 3.8) is 0 Å². The van der Waals surface area contributed by atoms with Gasteiger partial charge in [0, 0.05) is 18.0 Å². The van der Waals surface area contributed by atoms with Crippen LogP contribution in [0.4, 0.5) is 16.2 Å². The average Bonchev–Trinajstić information content (AvgIpc) is 3.16. The molecular weight excluding hydrogens is 552 g/mol. The number of aromatic nitrogens is 1. The number of imide groups is 1. The summed E-state index contributed by atoms with van der Waals surface area (Å²) in [6, 6.07) is 11.9. The average molecular weight is 571 g/mol. The van der Waals surface area contributed by atoms with Crippen LogP contribution in [0.3, 0.4) is 0 Å². The van der Waals surface area contributed by atoms with Gasteiger partial charge in [0.05, 0.1) is 29.1 Å². The summed E-state index contributed by atoms with van der Waals surface area (Å²) in [7, 11) is 2.84. The molecule has 1 aliphatic rings. The highest BCUT2D eigenvalue weighted by Gasteiger charge is 2.36. The van der Waals surface area contributed by atoms with E-state index in [4.69, 9.17) is 25.8 Å². The number of pyridine rings is 1. The minimum Gasteiger partial charge on any atom is -0.495 e. The highest BCUT2D eigenvalue weighted by molar-refractivity contribution is 8.18. The Kier molecular flexibility index (Phi) is 8.32. The summed E-state index contributed by atoms with van der Waals surface area (Å²) >= 11 is 6.75. The lowest BCUT2D eigenvalue weighted by atomic mass is 10.2. The van der Waals surface area contributed by atoms with Crippen LogP contribution in [0.5, 0.6) is 23.1 Å². The second-order valence-corrected chi connectivity index (χ2v) is 9.16. The molecule has 39 heavy (non-hydrogen) atoms. The first-order valence-electron chi connectivity index (χ1n) is 11.0. The fourth-order valence-electron chi connectivity index (χ4n) is 3.44. The maximum atomic E-state index is 12.9. The molecule has 2 aromatic carbocycles. The number of nitrogens with zero attached hydrogens (tertiary/aromatic N) is 3. The second-order valence-electron chi connectivity index (χ2n) is 7.76. The molecule has 200 valence electrons. The number of carbonyl (C=O) groups is 3. The minimum absolute atomic E-state index is 0.0939. The Labute approximate surface area is 230 Å². The van der Waals surface area contributed by atoms with Crippen molar-refractivity contribution in [2.45, 2.75) is 0 Å². The van der Waals surface area contributed by atoms with Crippen LogP contribution in [0.2, 0.25) is 5.02 Å². The van der Waals surface area contributed by atoms with E-state index in [1.165, 1.54) is 56.8 Å². The van der Waals surface area contributed by atoms with Crippen molar-refractivity contribution < 1.29 is 33.5 Å². The maximum absolute atomic E-state index is 12.9. The lowest BCUT2D eigenvalue weighted by molar-refractivity contribution is -0.386. The Balaban J connectivity index is 1.47. The third kappa shape index (κ3) is 6.27. The molecule has 0 radical (unpaired) electrons. The molecule has 3 aromatic rings. The lowest BCUT2D eigenvalue weighted by Gasteiger charge is -2.13. The molecule has 1 N–H and O–H groups in total. The number of anilines is 1. The summed E-state index contributed by atoms with van der Waals surface area (Å²) in [6.45, 7) is -0.495. The summed E-state index contributed by atoms with van der Waals surface area (Å²) in [5.41, 5.74) is 0.535. The molecule has 1 aliphatic heterocycles. The van der Waals surface area contributed by atoms with Crippen LogP contribution in [0, 0.1) is 10.1 Å². The van der Waals surface area contributed by atoms with Crippen LogP contribution in [-0.4, -0.2) is 52.6 Å². The first kappa shape index (κ1) is 27.4. The molecular formula is C25H19ClN4O8S. The molecule has 0 aliphatic carbocycles. The summed E-state index contributed by atoms with van der Waals surface area (Å²) < 4.78 is 16.0. The molecule has 2 heterocycles. The summed E-state index contributed by atoms with van der Waals surface area (Å²) in [4.78, 5) is 53.3. The van der Waals surface area contributed by atoms with Crippen LogP contribution in [-0.2, 0) is 9.59 Å². The Morgan fingerprint density at radius 2 is 1.87 bits per heavy atom. The summed E-state index contributed by atoms with van der Waals surface area (Å²) in [5, 5.41) is 13.5. The third-order valence-electron chi connectivity index (χ3n) is 5.25. The molecule has 0 saturated carbocycles. The van der Waals surface area contributed by atoms with Crippen molar-refractivity contribution >= 4 is 57.9 Å². The quantitative estimate of drug-likeness (QED) is 0.208. The fourth-order valence-corrected chi connectivity index (χ4v) is 4.53. The van der Waals surface area contributed by atoms with Gasteiger partial charge in [0.1, 0.15) is 12.3 Å². The second kappa shape index (κ2) is 11.8. The Morgan fingerprint density at radius 3 is 2.56 bits per heavy atom. The predicted octanol–water partition coefficient (Wildman–Crippen LogP) is 5.13. The number of thioether (sulfide) groups is 1. The molecule has 0 spiro atoms. The van der Waals surface area contributed by atoms with Crippen LogP contribution in [0.15, 0.2) is 59.6 Å². The molecule has 0 unspecified atom stereocenters. The number of amides is 3. The van der Waals surface area contributed by atoms with Crippen LogP contribution in [0.25, 0.3) is 6.08 Å². The number of nitro groups is 1. The van der Waals surface area contributed by atoms with E-state index >= 15 is 0 Å². The van der Waals surface area contributed by atoms with Gasteiger partial charge in [-0.15, -0.1) is 0 Å². The van der Waals surface area contributed by atoms with E-state index in [2.05, 4.69) is 10.3 Å². The van der Waals surface area contributed by atoms with Gasteiger partial charge in [-0.1, -0.05) is 17.7 Å². The number of benzene rings is 2. The van der Waals surface area contributed by atoms with Crippen LogP contribution >= 0.6 is 23.4 Å². The number of hydrogen-bond donors (Lipinski definition) is 1. The van der Waals surface area contributed by atoms with Gasteiger partial charge in [-0.2, -0.15) is 0 Å². The SMILES string of the molecule is COc1ccc(NC(=O)CN2C(=O)S/C(=C\c3ccc(Oc4ncccc4[N+](=O)[O-])c(OC)c3)C2=O)cc1Cl. The number of carbonyl (C=O) groups excluding carboxylic acids is 3. The van der Waals surface area contributed by atoms with Gasteiger partial charge in [-0.3, -0.25) is 29.4 Å². The number of hydrogen-bond acceptors (Lipinski definition) is 10. The fraction of sp³-hybridized carbons (Fsp3) is 0.120. The number of nitrogens with one attached hydrogen (secondary N) is 1. The van der Waals surface area contributed by atoms with Gasteiger partial charge in [0.2, 0.25) is 5.91 Å². The molecule has 0 atom stereocenters. The van der Waals surface area contributed by atoms with Crippen molar-refractivity contribution in [2.75, 3.05) is 26.1 Å². The predicted molar refractivity (Wildman–Crippen MR) is 143 cm³/mol. The highest BCUT2D eigenvalue weighted by atomic mass is 35.5. The molecule has 12 nitrogen and oxygen atoms in total. The van der Waals surface area contributed by atoms with Crippen molar-refractivity contribution in [1.82, 2.24) is 9.88 Å². The smallest absolute Gasteiger partial charge is 0.331 e. The van der Waals surface area contributed by atoms with E-state index in [9.17, 15) is 24.5 Å². The highest BCUT2D eigenvalue weighted by Crippen LogP contribution is 2.37. The van der Waals surface area contributed by atoms with Gasteiger partial charge >= 0.3 is 5.69 Å². The Morgan fingerprint density at radius 1 is 1.13 bits per heavy atom. The maximum Gasteiger partial charge on any atom is 0.331 e. The minimum atomic E-state index is -0.642. The van der Waals surface area contributed by atoms with E-state index < -0.39 is 28.5 Å². The van der Waals surface area contributed by atoms with Gasteiger partial charge in [0.25, 0.3) is 17.0 Å². The molecule has 1 aromatic heterocycles.